The summed E-state index contributed by atoms with van der Waals surface area (Å²) < 4.78 is 8.16. The molecule has 9 heteroatoms. The first kappa shape index (κ1) is 25.8. The number of hydrogen-bond donors (Lipinski definition) is 1. The van der Waals surface area contributed by atoms with E-state index >= 15 is 0 Å². The standard InChI is InChI=1S/C26H22I2N4O2S/c1-16-10-17(2)31-26(30-16)35-15-24(33)32-29-13-18-11-22(27)25(23(28)12-18)34-14-20-8-5-7-19-6-3-4-9-21(19)20/h3-13H,14-15H2,1-2H3,(H,32,33)/b29-13-. The van der Waals surface area contributed by atoms with Gasteiger partial charge >= 0.3 is 0 Å². The number of hydrazone groups is 1. The van der Waals surface area contributed by atoms with Crippen LogP contribution in [-0.2, 0) is 11.4 Å². The summed E-state index contributed by atoms with van der Waals surface area (Å²) in [4.78, 5) is 20.8. The molecule has 0 spiro atoms. The fourth-order valence-corrected chi connectivity index (χ4v) is 6.33. The van der Waals surface area contributed by atoms with Gasteiger partial charge in [0.2, 0.25) is 0 Å². The van der Waals surface area contributed by atoms with Gasteiger partial charge in [-0.2, -0.15) is 5.10 Å². The van der Waals surface area contributed by atoms with Gasteiger partial charge in [0.05, 0.1) is 19.1 Å². The normalized spacial score (nSPS) is 11.2. The third-order valence-electron chi connectivity index (χ3n) is 4.97. The molecule has 0 aliphatic rings. The van der Waals surface area contributed by atoms with Crippen LogP contribution >= 0.6 is 56.9 Å². The molecular weight excluding hydrogens is 686 g/mol. The maximum atomic E-state index is 12.2. The first-order valence-corrected chi connectivity index (χ1v) is 13.9. The average Bonchev–Trinajstić information content (AvgIpc) is 2.82. The third kappa shape index (κ3) is 7.14. The Balaban J connectivity index is 1.35. The molecule has 3 aromatic carbocycles. The Labute approximate surface area is 235 Å². The predicted molar refractivity (Wildman–Crippen MR) is 158 cm³/mol. The summed E-state index contributed by atoms with van der Waals surface area (Å²) in [5, 5.41) is 7.09. The van der Waals surface area contributed by atoms with Crippen LogP contribution < -0.4 is 10.2 Å². The fourth-order valence-electron chi connectivity index (χ4n) is 3.46. The number of fused-ring (bicyclic) bond motifs is 1. The molecule has 0 aliphatic heterocycles. The predicted octanol–water partition coefficient (Wildman–Crippen LogP) is 6.28. The molecule has 1 aromatic heterocycles. The highest BCUT2D eigenvalue weighted by Crippen LogP contribution is 2.30. The summed E-state index contributed by atoms with van der Waals surface area (Å²) in [6, 6.07) is 20.4. The molecule has 0 saturated carbocycles. The zero-order valence-corrected chi connectivity index (χ0v) is 24.2. The van der Waals surface area contributed by atoms with Crippen molar-refractivity contribution in [1.29, 1.82) is 0 Å². The number of thioether (sulfide) groups is 1. The van der Waals surface area contributed by atoms with Crippen LogP contribution in [0.25, 0.3) is 10.8 Å². The van der Waals surface area contributed by atoms with Gasteiger partial charge in [0.1, 0.15) is 12.4 Å². The van der Waals surface area contributed by atoms with Gasteiger partial charge < -0.3 is 4.74 Å². The molecule has 4 aromatic rings. The van der Waals surface area contributed by atoms with E-state index in [4.69, 9.17) is 4.74 Å². The van der Waals surface area contributed by atoms with Crippen molar-refractivity contribution in [3.8, 4) is 5.75 Å². The van der Waals surface area contributed by atoms with Gasteiger partial charge in [0, 0.05) is 11.4 Å². The summed E-state index contributed by atoms with van der Waals surface area (Å²) in [6.45, 7) is 4.30. The number of carbonyl (C=O) groups excluding carboxylic acids is 1. The van der Waals surface area contributed by atoms with E-state index in [9.17, 15) is 4.79 Å². The van der Waals surface area contributed by atoms with Crippen LogP contribution in [-0.4, -0.2) is 27.8 Å². The topological polar surface area (TPSA) is 76.5 Å². The molecule has 0 bridgehead atoms. The Hall–Kier alpha value is -2.25. The van der Waals surface area contributed by atoms with Crippen LogP contribution in [0.4, 0.5) is 0 Å². The van der Waals surface area contributed by atoms with Gasteiger partial charge in [0.25, 0.3) is 5.91 Å². The quantitative estimate of drug-likeness (QED) is 0.0768. The molecule has 1 N–H and O–H groups in total. The lowest BCUT2D eigenvalue weighted by Crippen LogP contribution is -2.19. The number of nitrogens with one attached hydrogen (secondary N) is 1. The lowest BCUT2D eigenvalue weighted by atomic mass is 10.1. The highest BCUT2D eigenvalue weighted by Gasteiger charge is 2.10. The number of benzene rings is 3. The summed E-state index contributed by atoms with van der Waals surface area (Å²) >= 11 is 5.82. The Morgan fingerprint density at radius 3 is 2.46 bits per heavy atom. The Kier molecular flexibility index (Phi) is 8.95. The number of carbonyl (C=O) groups is 1. The lowest BCUT2D eigenvalue weighted by Gasteiger charge is -2.13. The van der Waals surface area contributed by atoms with Gasteiger partial charge in [-0.05, 0) is 99.1 Å². The van der Waals surface area contributed by atoms with Crippen molar-refractivity contribution >= 4 is 79.8 Å². The number of halogens is 2. The average molecular weight is 708 g/mol. The molecule has 0 saturated heterocycles. The van der Waals surface area contributed by atoms with E-state index in [1.807, 2.05) is 44.2 Å². The highest BCUT2D eigenvalue weighted by molar-refractivity contribution is 14.1. The number of ether oxygens (including phenoxy) is 1. The van der Waals surface area contributed by atoms with E-state index in [1.54, 1.807) is 6.21 Å². The molecule has 4 rings (SSSR count). The van der Waals surface area contributed by atoms with Crippen molar-refractivity contribution in [2.24, 2.45) is 5.10 Å². The van der Waals surface area contributed by atoms with Gasteiger partial charge in [-0.1, -0.05) is 54.2 Å². The Morgan fingerprint density at radius 2 is 1.71 bits per heavy atom. The Morgan fingerprint density at radius 1 is 1.03 bits per heavy atom. The molecule has 0 fully saturated rings. The SMILES string of the molecule is Cc1cc(C)nc(SCC(=O)N/N=C\c2cc(I)c(OCc3cccc4ccccc34)c(I)c2)n1. The molecule has 6 nitrogen and oxygen atoms in total. The van der Waals surface area contributed by atoms with E-state index in [0.29, 0.717) is 11.8 Å². The number of nitrogens with zero attached hydrogens (tertiary/aromatic N) is 3. The number of rotatable bonds is 8. The summed E-state index contributed by atoms with van der Waals surface area (Å²) in [7, 11) is 0. The van der Waals surface area contributed by atoms with Crippen LogP contribution in [0.3, 0.4) is 0 Å². The van der Waals surface area contributed by atoms with Crippen LogP contribution in [0.2, 0.25) is 0 Å². The minimum absolute atomic E-state index is 0.191. The smallest absolute Gasteiger partial charge is 0.250 e. The van der Waals surface area contributed by atoms with Crippen LogP contribution in [0.15, 0.2) is 70.9 Å². The van der Waals surface area contributed by atoms with Crippen molar-refractivity contribution in [1.82, 2.24) is 15.4 Å². The summed E-state index contributed by atoms with van der Waals surface area (Å²) in [6.07, 6.45) is 1.63. The lowest BCUT2D eigenvalue weighted by molar-refractivity contribution is -0.118. The van der Waals surface area contributed by atoms with E-state index in [1.165, 1.54) is 22.5 Å². The second kappa shape index (κ2) is 12.1. The molecule has 1 amide bonds. The van der Waals surface area contributed by atoms with E-state index < -0.39 is 0 Å². The molecule has 1 heterocycles. The highest BCUT2D eigenvalue weighted by atomic mass is 127. The minimum atomic E-state index is -0.214. The van der Waals surface area contributed by atoms with Gasteiger partial charge in [-0.25, -0.2) is 15.4 Å². The van der Waals surface area contributed by atoms with Crippen LogP contribution in [0.5, 0.6) is 5.75 Å². The number of amides is 1. The van der Waals surface area contributed by atoms with E-state index in [0.717, 1.165) is 35.4 Å². The largest absolute Gasteiger partial charge is 0.487 e. The molecule has 0 radical (unpaired) electrons. The van der Waals surface area contributed by atoms with Crippen LogP contribution in [0.1, 0.15) is 22.5 Å². The van der Waals surface area contributed by atoms with Crippen molar-refractivity contribution < 1.29 is 9.53 Å². The number of hydrogen-bond acceptors (Lipinski definition) is 6. The molecule has 178 valence electrons. The van der Waals surface area contributed by atoms with E-state index in [2.05, 4.69) is 96.0 Å². The summed E-state index contributed by atoms with van der Waals surface area (Å²) in [5.41, 5.74) is 6.35. The second-order valence-electron chi connectivity index (χ2n) is 7.76. The molecule has 0 atom stereocenters. The zero-order valence-electron chi connectivity index (χ0n) is 19.1. The minimum Gasteiger partial charge on any atom is -0.487 e. The maximum Gasteiger partial charge on any atom is 0.250 e. The van der Waals surface area contributed by atoms with E-state index in [-0.39, 0.29) is 11.7 Å². The number of aromatic nitrogens is 2. The first-order chi connectivity index (χ1) is 16.9. The van der Waals surface area contributed by atoms with Gasteiger partial charge in [0.15, 0.2) is 5.16 Å². The van der Waals surface area contributed by atoms with Crippen molar-refractivity contribution in [3.05, 3.63) is 90.3 Å². The van der Waals surface area contributed by atoms with Crippen molar-refractivity contribution in [2.75, 3.05) is 5.75 Å². The first-order valence-electron chi connectivity index (χ1n) is 10.7. The third-order valence-corrected chi connectivity index (χ3v) is 7.42. The van der Waals surface area contributed by atoms with Crippen LogP contribution in [0, 0.1) is 21.0 Å². The fraction of sp³-hybridized carbons (Fsp3) is 0.154. The zero-order chi connectivity index (χ0) is 24.8. The number of aryl methyl sites for hydroxylation is 2. The molecular formula is C26H22I2N4O2S. The monoisotopic (exact) mass is 708 g/mol. The van der Waals surface area contributed by atoms with Gasteiger partial charge in [-0.15, -0.1) is 0 Å². The second-order valence-corrected chi connectivity index (χ2v) is 11.0. The summed E-state index contributed by atoms with van der Waals surface area (Å²) in [5.74, 6) is 0.814. The van der Waals surface area contributed by atoms with Gasteiger partial charge in [-0.3, -0.25) is 4.79 Å². The Bertz CT molecular complexity index is 1360. The molecule has 35 heavy (non-hydrogen) atoms. The molecule has 0 aliphatic carbocycles. The van der Waals surface area contributed by atoms with Crippen molar-refractivity contribution in [2.45, 2.75) is 25.6 Å². The maximum absolute atomic E-state index is 12.2. The molecule has 0 unspecified atom stereocenters. The van der Waals surface area contributed by atoms with Crippen molar-refractivity contribution in [3.63, 3.8) is 0 Å².